The van der Waals surface area contributed by atoms with Gasteiger partial charge < -0.3 is 30.8 Å². The number of carbonyl (C=O) groups is 4. The van der Waals surface area contributed by atoms with E-state index >= 15 is 0 Å². The van der Waals surface area contributed by atoms with Crippen LogP contribution in [0.25, 0.3) is 0 Å². The van der Waals surface area contributed by atoms with E-state index in [9.17, 15) is 24.3 Å². The smallest absolute Gasteiger partial charge is 0.341 e. The Morgan fingerprint density at radius 1 is 1.04 bits per heavy atom. The highest BCUT2D eigenvalue weighted by atomic mass is 16.6. The quantitative estimate of drug-likeness (QED) is 0.300. The van der Waals surface area contributed by atoms with Crippen LogP contribution in [0.2, 0.25) is 0 Å². The summed E-state index contributed by atoms with van der Waals surface area (Å²) in [6.07, 6.45) is -0.209. The number of phenols is 1. The van der Waals surface area contributed by atoms with Crippen LogP contribution in [0.1, 0.15) is 28.8 Å². The highest BCUT2D eigenvalue weighted by Crippen LogP contribution is 2.20. The van der Waals surface area contributed by atoms with Crippen LogP contribution >= 0.6 is 0 Å². The number of hydrogen-bond acceptors (Lipinski definition) is 10. The van der Waals surface area contributed by atoms with Crippen molar-refractivity contribution in [2.75, 3.05) is 14.2 Å². The lowest BCUT2D eigenvalue weighted by molar-refractivity contribution is -0.161. The van der Waals surface area contributed by atoms with Gasteiger partial charge in [0.15, 0.2) is 0 Å². The maximum atomic E-state index is 11.9. The average molecular weight is 382 g/mol. The lowest BCUT2D eigenvalue weighted by Crippen LogP contribution is -2.40. The molecule has 2 atom stereocenters. The van der Waals surface area contributed by atoms with Gasteiger partial charge in [0.05, 0.1) is 14.2 Å². The second-order valence-corrected chi connectivity index (χ2v) is 5.62. The van der Waals surface area contributed by atoms with E-state index in [1.165, 1.54) is 25.3 Å². The Kier molecular flexibility index (Phi) is 8.36. The van der Waals surface area contributed by atoms with Gasteiger partial charge in [-0.1, -0.05) is 6.07 Å². The van der Waals surface area contributed by atoms with Crippen LogP contribution in [-0.2, 0) is 35.0 Å². The summed E-state index contributed by atoms with van der Waals surface area (Å²) in [5, 5.41) is 9.65. The molecule has 0 aliphatic heterocycles. The van der Waals surface area contributed by atoms with Crippen molar-refractivity contribution >= 4 is 23.9 Å². The normalized spacial score (nSPS) is 12.6. The molecule has 0 spiro atoms. The number of carbonyl (C=O) groups excluding carboxylic acids is 4. The van der Waals surface area contributed by atoms with Crippen LogP contribution in [0.4, 0.5) is 0 Å². The summed E-state index contributed by atoms with van der Waals surface area (Å²) in [6, 6.07) is 1.64. The number of methoxy groups -OCH3 is 2. The molecule has 0 heterocycles. The SMILES string of the molecule is COC(=O)CC[C@H](N)C(=O)OC(=O)[C@@H](N)Cc1ccc(O)c(C(=O)OC)c1. The van der Waals surface area contributed by atoms with Crippen LogP contribution < -0.4 is 11.5 Å². The number of hydrogen-bond donors (Lipinski definition) is 3. The van der Waals surface area contributed by atoms with Gasteiger partial charge >= 0.3 is 23.9 Å². The third-order valence-electron chi connectivity index (χ3n) is 3.62. The number of rotatable bonds is 8. The summed E-state index contributed by atoms with van der Waals surface area (Å²) < 4.78 is 13.6. The number of nitrogens with two attached hydrogens (primary N) is 2. The predicted molar refractivity (Wildman–Crippen MR) is 91.5 cm³/mol. The number of ether oxygens (including phenoxy) is 3. The van der Waals surface area contributed by atoms with Gasteiger partial charge in [-0.05, 0) is 30.5 Å². The maximum absolute atomic E-state index is 11.9. The summed E-state index contributed by atoms with van der Waals surface area (Å²) in [4.78, 5) is 46.3. The summed E-state index contributed by atoms with van der Waals surface area (Å²) >= 11 is 0. The molecule has 0 fully saturated rings. The summed E-state index contributed by atoms with van der Waals surface area (Å²) in [7, 11) is 2.36. The van der Waals surface area contributed by atoms with Crippen molar-refractivity contribution in [3.8, 4) is 5.75 Å². The molecule has 10 heteroatoms. The molecule has 0 saturated carbocycles. The molecule has 1 rings (SSSR count). The lowest BCUT2D eigenvalue weighted by atomic mass is 10.0. The average Bonchev–Trinajstić information content (AvgIpc) is 2.66. The zero-order valence-electron chi connectivity index (χ0n) is 15.0. The first kappa shape index (κ1) is 22.1. The number of esters is 4. The third-order valence-corrected chi connectivity index (χ3v) is 3.62. The molecular weight excluding hydrogens is 360 g/mol. The monoisotopic (exact) mass is 382 g/mol. The van der Waals surface area contributed by atoms with Crippen molar-refractivity contribution < 1.29 is 38.5 Å². The highest BCUT2D eigenvalue weighted by Gasteiger charge is 2.24. The van der Waals surface area contributed by atoms with E-state index < -0.39 is 36.0 Å². The largest absolute Gasteiger partial charge is 0.507 e. The molecule has 10 nitrogen and oxygen atoms in total. The minimum Gasteiger partial charge on any atom is -0.507 e. The van der Waals surface area contributed by atoms with Gasteiger partial charge in [-0.25, -0.2) is 14.4 Å². The number of benzene rings is 1. The van der Waals surface area contributed by atoms with E-state index in [1.807, 2.05) is 0 Å². The Hall–Kier alpha value is -2.98. The van der Waals surface area contributed by atoms with Gasteiger partial charge in [-0.2, -0.15) is 0 Å². The van der Waals surface area contributed by atoms with Gasteiger partial charge in [0, 0.05) is 6.42 Å². The molecule has 0 saturated heterocycles. The molecular formula is C17H22N2O8. The van der Waals surface area contributed by atoms with Gasteiger partial charge in [0.2, 0.25) is 0 Å². The second-order valence-electron chi connectivity index (χ2n) is 5.62. The Morgan fingerprint density at radius 2 is 1.67 bits per heavy atom. The summed E-state index contributed by atoms with van der Waals surface area (Å²) in [5.41, 5.74) is 11.6. The first-order chi connectivity index (χ1) is 12.7. The van der Waals surface area contributed by atoms with Crippen molar-refractivity contribution in [2.45, 2.75) is 31.3 Å². The molecule has 0 aromatic heterocycles. The van der Waals surface area contributed by atoms with Crippen molar-refractivity contribution in [1.82, 2.24) is 0 Å². The Labute approximate surface area is 155 Å². The maximum Gasteiger partial charge on any atom is 0.341 e. The fourth-order valence-corrected chi connectivity index (χ4v) is 2.06. The minimum absolute atomic E-state index is 0.0471. The number of phenolic OH excluding ortho intramolecular Hbond substituents is 1. The molecule has 0 bridgehead atoms. The zero-order valence-corrected chi connectivity index (χ0v) is 15.0. The van der Waals surface area contributed by atoms with E-state index in [0.29, 0.717) is 5.56 Å². The van der Waals surface area contributed by atoms with Gasteiger partial charge in [0.25, 0.3) is 0 Å². The van der Waals surface area contributed by atoms with Gasteiger partial charge in [0.1, 0.15) is 23.4 Å². The fourth-order valence-electron chi connectivity index (χ4n) is 2.06. The van der Waals surface area contributed by atoms with Crippen molar-refractivity contribution in [2.24, 2.45) is 11.5 Å². The lowest BCUT2D eigenvalue weighted by Gasteiger charge is -2.14. The van der Waals surface area contributed by atoms with Crippen molar-refractivity contribution in [3.63, 3.8) is 0 Å². The summed E-state index contributed by atoms with van der Waals surface area (Å²) in [6.45, 7) is 0. The Morgan fingerprint density at radius 3 is 2.26 bits per heavy atom. The predicted octanol–water partition coefficient (Wildman–Crippen LogP) is -0.601. The van der Waals surface area contributed by atoms with Gasteiger partial charge in [-0.3, -0.25) is 4.79 Å². The van der Waals surface area contributed by atoms with Crippen LogP contribution in [0, 0.1) is 0 Å². The molecule has 0 aliphatic rings. The topological polar surface area (TPSA) is 168 Å². The zero-order chi connectivity index (χ0) is 20.6. The fraction of sp³-hybridized carbons (Fsp3) is 0.412. The Balaban J connectivity index is 2.65. The molecule has 27 heavy (non-hydrogen) atoms. The molecule has 1 aromatic rings. The highest BCUT2D eigenvalue weighted by molar-refractivity contribution is 5.93. The molecule has 0 amide bonds. The number of aromatic hydroxyl groups is 1. The van der Waals surface area contributed by atoms with Crippen LogP contribution in [0.5, 0.6) is 5.75 Å². The molecule has 0 aliphatic carbocycles. The summed E-state index contributed by atoms with van der Waals surface area (Å²) in [5.74, 6) is -3.61. The Bertz CT molecular complexity index is 719. The van der Waals surface area contributed by atoms with Gasteiger partial charge in [-0.15, -0.1) is 0 Å². The van der Waals surface area contributed by atoms with Crippen molar-refractivity contribution in [3.05, 3.63) is 29.3 Å². The van der Waals surface area contributed by atoms with Crippen LogP contribution in [-0.4, -0.2) is 55.3 Å². The van der Waals surface area contributed by atoms with E-state index in [1.54, 1.807) is 0 Å². The minimum atomic E-state index is -1.21. The molecule has 0 unspecified atom stereocenters. The first-order valence-electron chi connectivity index (χ1n) is 7.93. The third kappa shape index (κ3) is 6.68. The molecule has 0 radical (unpaired) electrons. The molecule has 148 valence electrons. The van der Waals surface area contributed by atoms with E-state index in [4.69, 9.17) is 11.5 Å². The van der Waals surface area contributed by atoms with E-state index in [2.05, 4.69) is 14.2 Å². The van der Waals surface area contributed by atoms with E-state index in [0.717, 1.165) is 7.11 Å². The second kappa shape index (κ2) is 10.2. The molecule has 1 aromatic carbocycles. The van der Waals surface area contributed by atoms with Crippen LogP contribution in [0.3, 0.4) is 0 Å². The molecule has 5 N–H and O–H groups in total. The first-order valence-corrected chi connectivity index (χ1v) is 7.93. The van der Waals surface area contributed by atoms with Crippen molar-refractivity contribution in [1.29, 1.82) is 0 Å². The van der Waals surface area contributed by atoms with E-state index in [-0.39, 0.29) is 30.6 Å². The van der Waals surface area contributed by atoms with Crippen LogP contribution in [0.15, 0.2) is 18.2 Å². The standard InChI is InChI=1S/C17H22N2O8/c1-25-14(21)6-4-11(18)16(23)27-17(24)12(19)8-9-3-5-13(20)10(7-9)15(22)26-2/h3,5,7,11-12,20H,4,6,8,18-19H2,1-2H3/t11-,12-/m0/s1.